The van der Waals surface area contributed by atoms with Crippen LogP contribution < -0.4 is 20.3 Å². The van der Waals surface area contributed by atoms with Crippen molar-refractivity contribution in [2.75, 3.05) is 25.5 Å². The first kappa shape index (κ1) is 29.5. The molecule has 1 saturated heterocycles. The van der Waals surface area contributed by atoms with Gasteiger partial charge in [-0.15, -0.1) is 0 Å². The lowest BCUT2D eigenvalue weighted by Gasteiger charge is -2.31. The number of ether oxygens (including phenoxy) is 2. The third kappa shape index (κ3) is 6.57. The molecule has 4 N–H and O–H groups in total. The largest absolute Gasteiger partial charge is 0.493 e. The number of carbonyl (C=O) groups excluding carboxylic acids is 1. The molecule has 0 bridgehead atoms. The van der Waals surface area contributed by atoms with Crippen molar-refractivity contribution in [1.29, 1.82) is 5.41 Å². The average Bonchev–Trinajstić information content (AvgIpc) is 3.01. The molecule has 11 heteroatoms. The molecule has 4 aromatic rings. The lowest BCUT2D eigenvalue weighted by Crippen LogP contribution is -2.41. The van der Waals surface area contributed by atoms with E-state index in [4.69, 9.17) is 14.9 Å². The summed E-state index contributed by atoms with van der Waals surface area (Å²) in [6.45, 7) is 8.22. The molecule has 0 radical (unpaired) electrons. The van der Waals surface area contributed by atoms with E-state index in [1.54, 1.807) is 32.1 Å². The lowest BCUT2D eigenvalue weighted by atomic mass is 9.93. The van der Waals surface area contributed by atoms with Crippen LogP contribution in [0.2, 0.25) is 0 Å². The second-order valence-corrected chi connectivity index (χ2v) is 10.8. The zero-order chi connectivity index (χ0) is 30.6. The summed E-state index contributed by atoms with van der Waals surface area (Å²) in [5.74, 6) is 1.57. The van der Waals surface area contributed by atoms with Crippen LogP contribution in [0.25, 0.3) is 22.0 Å². The summed E-state index contributed by atoms with van der Waals surface area (Å²) in [4.78, 5) is 29.8. The van der Waals surface area contributed by atoms with E-state index in [0.29, 0.717) is 70.9 Å². The quantitative estimate of drug-likeness (QED) is 0.128. The van der Waals surface area contributed by atoms with Crippen molar-refractivity contribution >= 4 is 34.7 Å². The average molecular weight is 582 g/mol. The number of nitrogens with one attached hydrogen (secondary N) is 3. The predicted molar refractivity (Wildman–Crippen MR) is 166 cm³/mol. The van der Waals surface area contributed by atoms with Crippen molar-refractivity contribution in [2.45, 2.75) is 38.4 Å². The number of aliphatic hydroxyl groups is 1. The van der Waals surface area contributed by atoms with Crippen molar-refractivity contribution in [3.8, 4) is 22.6 Å². The molecule has 0 unspecified atom stereocenters. The zero-order valence-corrected chi connectivity index (χ0v) is 24.4. The summed E-state index contributed by atoms with van der Waals surface area (Å²) < 4.78 is 12.0. The molecule has 222 valence electrons. The molecule has 43 heavy (non-hydrogen) atoms. The monoisotopic (exact) mass is 581 g/mol. The van der Waals surface area contributed by atoms with Crippen LogP contribution in [0, 0.1) is 5.41 Å². The van der Waals surface area contributed by atoms with Gasteiger partial charge in [0.25, 0.3) is 0 Å². The Morgan fingerprint density at radius 1 is 1.16 bits per heavy atom. The Hall–Kier alpha value is -5.03. The SMILES string of the molecule is C=CC(=O)N1CCC(Oc2cc3c(Nc4cc(-c5cc[nH]/c(=N\C=N)c5)ccc4C(C)(C)O)ncnc3cc2OC)CC1. The third-order valence-corrected chi connectivity index (χ3v) is 7.40. The number of amides is 1. The number of pyridine rings is 1. The summed E-state index contributed by atoms with van der Waals surface area (Å²) in [5, 5.41) is 22.5. The van der Waals surface area contributed by atoms with Crippen molar-refractivity contribution in [3.63, 3.8) is 0 Å². The molecule has 5 rings (SSSR count). The number of anilines is 2. The molecule has 1 aliphatic heterocycles. The maximum Gasteiger partial charge on any atom is 0.245 e. The van der Waals surface area contributed by atoms with E-state index in [1.165, 1.54) is 12.4 Å². The van der Waals surface area contributed by atoms with Crippen molar-refractivity contribution in [2.24, 2.45) is 4.99 Å². The predicted octanol–water partition coefficient (Wildman–Crippen LogP) is 4.67. The number of hydrogen-bond acceptors (Lipinski definition) is 8. The highest BCUT2D eigenvalue weighted by Crippen LogP contribution is 2.38. The summed E-state index contributed by atoms with van der Waals surface area (Å²) in [6, 6.07) is 13.2. The van der Waals surface area contributed by atoms with Crippen LogP contribution in [0.5, 0.6) is 11.5 Å². The number of benzene rings is 2. The first-order chi connectivity index (χ1) is 20.7. The number of hydrogen-bond donors (Lipinski definition) is 4. The second kappa shape index (κ2) is 12.5. The molecule has 1 fully saturated rings. The van der Waals surface area contributed by atoms with Gasteiger partial charge in [-0.05, 0) is 55.3 Å². The van der Waals surface area contributed by atoms with Crippen LogP contribution in [-0.2, 0) is 10.4 Å². The fourth-order valence-corrected chi connectivity index (χ4v) is 5.18. The smallest absolute Gasteiger partial charge is 0.245 e. The molecule has 1 amide bonds. The number of carbonyl (C=O) groups is 1. The number of rotatable bonds is 9. The van der Waals surface area contributed by atoms with E-state index in [1.807, 2.05) is 42.5 Å². The van der Waals surface area contributed by atoms with Gasteiger partial charge in [-0.2, -0.15) is 0 Å². The van der Waals surface area contributed by atoms with E-state index in [9.17, 15) is 9.90 Å². The third-order valence-electron chi connectivity index (χ3n) is 7.40. The minimum absolute atomic E-state index is 0.0727. The number of H-pyrrole nitrogens is 1. The van der Waals surface area contributed by atoms with E-state index < -0.39 is 5.60 Å². The number of nitrogens with zero attached hydrogens (tertiary/aromatic N) is 4. The lowest BCUT2D eigenvalue weighted by molar-refractivity contribution is -0.127. The molecule has 1 aliphatic rings. The van der Waals surface area contributed by atoms with Gasteiger partial charge in [-0.3, -0.25) is 10.2 Å². The fourth-order valence-electron chi connectivity index (χ4n) is 5.18. The Morgan fingerprint density at radius 2 is 1.93 bits per heavy atom. The maximum atomic E-state index is 12.0. The topological polar surface area (TPSA) is 149 Å². The highest BCUT2D eigenvalue weighted by molar-refractivity contribution is 5.93. The Bertz CT molecular complexity index is 1730. The summed E-state index contributed by atoms with van der Waals surface area (Å²) >= 11 is 0. The Labute approximate surface area is 249 Å². The summed E-state index contributed by atoms with van der Waals surface area (Å²) in [5.41, 5.74) is 3.19. The molecule has 0 atom stereocenters. The first-order valence-electron chi connectivity index (χ1n) is 14.0. The minimum atomic E-state index is -1.14. The molecular formula is C32H35N7O4. The van der Waals surface area contributed by atoms with Gasteiger partial charge in [0.2, 0.25) is 5.91 Å². The molecule has 0 aliphatic carbocycles. The van der Waals surface area contributed by atoms with Crippen LogP contribution in [0.15, 0.2) is 72.6 Å². The number of likely N-dealkylation sites (tertiary alicyclic amines) is 1. The molecule has 0 saturated carbocycles. The standard InChI is InChI=1S/C32H35N7O4/c1-5-30(40)39-12-9-22(10-13-39)43-28-16-23-25(17-27(28)42-4)36-19-37-31(23)38-26-14-20(6-7-24(26)32(2,3)41)21-8-11-34-29(15-21)35-18-33/h5-8,11,14-19,22,41H,1,9-10,12-13H2,2-4H3,(H2,33,34,35)(H,36,37,38). The van der Waals surface area contributed by atoms with Gasteiger partial charge in [-0.1, -0.05) is 18.7 Å². The van der Waals surface area contributed by atoms with Gasteiger partial charge in [0.1, 0.15) is 30.1 Å². The van der Waals surface area contributed by atoms with Crippen molar-refractivity contribution in [3.05, 3.63) is 78.7 Å². The van der Waals surface area contributed by atoms with Gasteiger partial charge in [0, 0.05) is 54.8 Å². The molecule has 0 spiro atoms. The van der Waals surface area contributed by atoms with Gasteiger partial charge in [0.05, 0.1) is 18.2 Å². The van der Waals surface area contributed by atoms with E-state index in [-0.39, 0.29) is 12.0 Å². The van der Waals surface area contributed by atoms with Crippen molar-refractivity contribution in [1.82, 2.24) is 19.9 Å². The van der Waals surface area contributed by atoms with Crippen molar-refractivity contribution < 1.29 is 19.4 Å². The van der Waals surface area contributed by atoms with Crippen LogP contribution in [0.4, 0.5) is 11.5 Å². The van der Waals surface area contributed by atoms with Crippen LogP contribution >= 0.6 is 0 Å². The number of aromatic amines is 1. The van der Waals surface area contributed by atoms with Gasteiger partial charge in [0.15, 0.2) is 11.5 Å². The molecular weight excluding hydrogens is 546 g/mol. The van der Waals surface area contributed by atoms with Gasteiger partial charge >= 0.3 is 0 Å². The normalized spacial score (nSPS) is 14.4. The van der Waals surface area contributed by atoms with E-state index >= 15 is 0 Å². The van der Waals surface area contributed by atoms with Gasteiger partial charge < -0.3 is 29.8 Å². The number of methoxy groups -OCH3 is 1. The highest BCUT2D eigenvalue weighted by Gasteiger charge is 2.25. The number of fused-ring (bicyclic) bond motifs is 1. The molecule has 2 aromatic heterocycles. The number of aromatic nitrogens is 3. The summed E-state index contributed by atoms with van der Waals surface area (Å²) in [6.07, 6.45) is 6.85. The first-order valence-corrected chi connectivity index (χ1v) is 14.0. The fraction of sp³-hybridized carbons (Fsp3) is 0.281. The molecule has 3 heterocycles. The van der Waals surface area contributed by atoms with E-state index in [0.717, 1.165) is 17.5 Å². The molecule has 2 aromatic carbocycles. The Morgan fingerprint density at radius 3 is 2.63 bits per heavy atom. The summed E-state index contributed by atoms with van der Waals surface area (Å²) in [7, 11) is 1.59. The zero-order valence-electron chi connectivity index (χ0n) is 24.4. The van der Waals surface area contributed by atoms with E-state index in [2.05, 4.69) is 31.8 Å². The van der Waals surface area contributed by atoms with Crippen LogP contribution in [0.3, 0.4) is 0 Å². The van der Waals surface area contributed by atoms with Crippen LogP contribution in [0.1, 0.15) is 32.3 Å². The van der Waals surface area contributed by atoms with Crippen LogP contribution in [-0.4, -0.2) is 63.5 Å². The minimum Gasteiger partial charge on any atom is -0.493 e. The van der Waals surface area contributed by atoms with Gasteiger partial charge in [-0.25, -0.2) is 15.0 Å². The number of piperidine rings is 1. The maximum absolute atomic E-state index is 12.0. The molecule has 11 nitrogen and oxygen atoms in total. The second-order valence-electron chi connectivity index (χ2n) is 10.8. The highest BCUT2D eigenvalue weighted by atomic mass is 16.5. The Balaban J connectivity index is 1.51. The Kier molecular flexibility index (Phi) is 8.53.